The highest BCUT2D eigenvalue weighted by molar-refractivity contribution is 6.17. The summed E-state index contributed by atoms with van der Waals surface area (Å²) in [6.45, 7) is 2.86. The van der Waals surface area contributed by atoms with Crippen LogP contribution in [0.5, 0.6) is 0 Å². The SMILES string of the molecule is Cc1nc2ccc(CCl)cc2n1Cc1ccc(-c2ccccc2)cc1. The molecule has 4 rings (SSSR count). The molecule has 25 heavy (non-hydrogen) atoms. The highest BCUT2D eigenvalue weighted by Gasteiger charge is 2.09. The van der Waals surface area contributed by atoms with Crippen LogP contribution in [-0.2, 0) is 12.4 Å². The van der Waals surface area contributed by atoms with Crippen molar-refractivity contribution in [2.45, 2.75) is 19.3 Å². The van der Waals surface area contributed by atoms with E-state index in [0.29, 0.717) is 5.88 Å². The van der Waals surface area contributed by atoms with Gasteiger partial charge in [0.2, 0.25) is 0 Å². The molecule has 0 bridgehead atoms. The number of rotatable bonds is 4. The molecule has 3 heteroatoms. The lowest BCUT2D eigenvalue weighted by atomic mass is 10.0. The van der Waals surface area contributed by atoms with Gasteiger partial charge in [-0.2, -0.15) is 0 Å². The lowest BCUT2D eigenvalue weighted by Gasteiger charge is -2.09. The Labute approximate surface area is 152 Å². The van der Waals surface area contributed by atoms with Crippen LogP contribution in [0.25, 0.3) is 22.2 Å². The molecule has 0 amide bonds. The lowest BCUT2D eigenvalue weighted by Crippen LogP contribution is -2.02. The molecule has 3 aromatic carbocycles. The Morgan fingerprint density at radius 1 is 0.840 bits per heavy atom. The van der Waals surface area contributed by atoms with Crippen molar-refractivity contribution in [3.05, 3.63) is 89.7 Å². The number of hydrogen-bond acceptors (Lipinski definition) is 1. The van der Waals surface area contributed by atoms with E-state index in [2.05, 4.69) is 77.1 Å². The molecule has 0 unspecified atom stereocenters. The smallest absolute Gasteiger partial charge is 0.107 e. The van der Waals surface area contributed by atoms with E-state index >= 15 is 0 Å². The number of fused-ring (bicyclic) bond motifs is 1. The van der Waals surface area contributed by atoms with E-state index in [-0.39, 0.29) is 0 Å². The van der Waals surface area contributed by atoms with E-state index in [0.717, 1.165) is 29.0 Å². The van der Waals surface area contributed by atoms with Crippen LogP contribution in [0.1, 0.15) is 17.0 Å². The van der Waals surface area contributed by atoms with E-state index < -0.39 is 0 Å². The third-order valence-electron chi connectivity index (χ3n) is 4.56. The molecule has 0 N–H and O–H groups in total. The number of nitrogens with zero attached hydrogens (tertiary/aromatic N) is 2. The maximum Gasteiger partial charge on any atom is 0.107 e. The Balaban J connectivity index is 1.66. The van der Waals surface area contributed by atoms with Gasteiger partial charge in [0.1, 0.15) is 5.82 Å². The van der Waals surface area contributed by atoms with Crippen LogP contribution < -0.4 is 0 Å². The normalized spacial score (nSPS) is 11.1. The van der Waals surface area contributed by atoms with Crippen molar-refractivity contribution in [2.24, 2.45) is 0 Å². The molecule has 0 radical (unpaired) electrons. The van der Waals surface area contributed by atoms with Gasteiger partial charge in [-0.25, -0.2) is 4.98 Å². The molecule has 0 fully saturated rings. The number of aryl methyl sites for hydroxylation is 1. The van der Waals surface area contributed by atoms with Gasteiger partial charge in [0.25, 0.3) is 0 Å². The molecule has 0 aliphatic carbocycles. The second-order valence-electron chi connectivity index (χ2n) is 6.26. The van der Waals surface area contributed by atoms with Crippen molar-refractivity contribution in [2.75, 3.05) is 0 Å². The number of alkyl halides is 1. The van der Waals surface area contributed by atoms with Crippen molar-refractivity contribution >= 4 is 22.6 Å². The summed E-state index contributed by atoms with van der Waals surface area (Å²) in [7, 11) is 0. The van der Waals surface area contributed by atoms with Crippen LogP contribution >= 0.6 is 11.6 Å². The van der Waals surface area contributed by atoms with Gasteiger partial charge in [-0.05, 0) is 41.3 Å². The van der Waals surface area contributed by atoms with Gasteiger partial charge in [0, 0.05) is 12.4 Å². The van der Waals surface area contributed by atoms with Crippen LogP contribution in [0.15, 0.2) is 72.8 Å². The molecule has 0 saturated carbocycles. The predicted octanol–water partition coefficient (Wildman–Crippen LogP) is 5.80. The largest absolute Gasteiger partial charge is 0.324 e. The van der Waals surface area contributed by atoms with Crippen molar-refractivity contribution in [1.82, 2.24) is 9.55 Å². The number of imidazole rings is 1. The molecular formula is C22H19ClN2. The van der Waals surface area contributed by atoms with Crippen molar-refractivity contribution < 1.29 is 0 Å². The lowest BCUT2D eigenvalue weighted by molar-refractivity contribution is 0.786. The molecule has 4 aromatic rings. The Morgan fingerprint density at radius 3 is 2.24 bits per heavy atom. The Morgan fingerprint density at radius 2 is 1.52 bits per heavy atom. The Hall–Kier alpha value is -2.58. The Bertz CT molecular complexity index is 1000. The summed E-state index contributed by atoms with van der Waals surface area (Å²) in [5, 5.41) is 0. The second kappa shape index (κ2) is 6.73. The summed E-state index contributed by atoms with van der Waals surface area (Å²) in [5.41, 5.74) is 7.02. The minimum absolute atomic E-state index is 0.520. The number of hydrogen-bond donors (Lipinski definition) is 0. The van der Waals surface area contributed by atoms with Gasteiger partial charge < -0.3 is 4.57 Å². The van der Waals surface area contributed by atoms with Gasteiger partial charge in [0.05, 0.1) is 11.0 Å². The van der Waals surface area contributed by atoms with Crippen molar-refractivity contribution in [1.29, 1.82) is 0 Å². The fraction of sp³-hybridized carbons (Fsp3) is 0.136. The molecule has 0 spiro atoms. The summed E-state index contributed by atoms with van der Waals surface area (Å²) in [6, 6.07) is 25.4. The average Bonchev–Trinajstić information content (AvgIpc) is 2.97. The van der Waals surface area contributed by atoms with Gasteiger partial charge in [-0.1, -0.05) is 60.7 Å². The van der Waals surface area contributed by atoms with Crippen LogP contribution in [0, 0.1) is 6.92 Å². The van der Waals surface area contributed by atoms with Crippen LogP contribution in [0.3, 0.4) is 0 Å². The van der Waals surface area contributed by atoms with Gasteiger partial charge in [-0.15, -0.1) is 11.6 Å². The van der Waals surface area contributed by atoms with E-state index in [1.807, 2.05) is 12.1 Å². The summed E-state index contributed by atoms with van der Waals surface area (Å²) < 4.78 is 2.25. The topological polar surface area (TPSA) is 17.8 Å². The summed E-state index contributed by atoms with van der Waals surface area (Å²) in [4.78, 5) is 4.67. The summed E-state index contributed by atoms with van der Waals surface area (Å²) in [6.07, 6.45) is 0. The minimum atomic E-state index is 0.520. The first-order chi connectivity index (χ1) is 12.2. The number of aromatic nitrogens is 2. The molecule has 1 heterocycles. The highest BCUT2D eigenvalue weighted by Crippen LogP contribution is 2.22. The highest BCUT2D eigenvalue weighted by atomic mass is 35.5. The number of halogens is 1. The first-order valence-electron chi connectivity index (χ1n) is 8.41. The van der Waals surface area contributed by atoms with Crippen molar-refractivity contribution in [3.8, 4) is 11.1 Å². The zero-order valence-corrected chi connectivity index (χ0v) is 14.9. The summed E-state index contributed by atoms with van der Waals surface area (Å²) >= 11 is 5.99. The second-order valence-corrected chi connectivity index (χ2v) is 6.53. The molecule has 1 aromatic heterocycles. The monoisotopic (exact) mass is 346 g/mol. The van der Waals surface area contributed by atoms with E-state index in [4.69, 9.17) is 11.6 Å². The van der Waals surface area contributed by atoms with Crippen LogP contribution in [0.4, 0.5) is 0 Å². The zero-order valence-electron chi connectivity index (χ0n) is 14.1. The maximum atomic E-state index is 5.99. The average molecular weight is 347 g/mol. The summed E-state index contributed by atoms with van der Waals surface area (Å²) in [5.74, 6) is 1.54. The minimum Gasteiger partial charge on any atom is -0.324 e. The molecule has 2 nitrogen and oxygen atoms in total. The van der Waals surface area contributed by atoms with Gasteiger partial charge in [-0.3, -0.25) is 0 Å². The molecule has 0 saturated heterocycles. The molecule has 0 aliphatic rings. The van der Waals surface area contributed by atoms with E-state index in [1.165, 1.54) is 16.7 Å². The van der Waals surface area contributed by atoms with Gasteiger partial charge in [0.15, 0.2) is 0 Å². The molecule has 0 atom stereocenters. The number of benzene rings is 3. The third-order valence-corrected chi connectivity index (χ3v) is 4.87. The quantitative estimate of drug-likeness (QED) is 0.427. The third kappa shape index (κ3) is 3.18. The van der Waals surface area contributed by atoms with E-state index in [1.54, 1.807) is 0 Å². The van der Waals surface area contributed by atoms with Gasteiger partial charge >= 0.3 is 0 Å². The van der Waals surface area contributed by atoms with Crippen molar-refractivity contribution in [3.63, 3.8) is 0 Å². The molecular weight excluding hydrogens is 328 g/mol. The first kappa shape index (κ1) is 15.9. The maximum absolute atomic E-state index is 5.99. The standard InChI is InChI=1S/C22H19ClN2/c1-16-24-21-12-9-18(14-23)13-22(21)25(16)15-17-7-10-20(11-8-17)19-5-3-2-4-6-19/h2-13H,14-15H2,1H3. The van der Waals surface area contributed by atoms with E-state index in [9.17, 15) is 0 Å². The van der Waals surface area contributed by atoms with Crippen LogP contribution in [-0.4, -0.2) is 9.55 Å². The Kier molecular flexibility index (Phi) is 4.29. The molecule has 0 aliphatic heterocycles. The van der Waals surface area contributed by atoms with Crippen LogP contribution in [0.2, 0.25) is 0 Å². The first-order valence-corrected chi connectivity index (χ1v) is 8.94. The fourth-order valence-electron chi connectivity index (χ4n) is 3.19. The molecule has 124 valence electrons. The fourth-order valence-corrected chi connectivity index (χ4v) is 3.35. The zero-order chi connectivity index (χ0) is 17.2. The predicted molar refractivity (Wildman–Crippen MR) is 105 cm³/mol.